The van der Waals surface area contributed by atoms with Crippen LogP contribution in [0.25, 0.3) is 5.82 Å². The molecule has 214 valence electrons. The molecule has 0 bridgehead atoms. The number of amides is 1. The van der Waals surface area contributed by atoms with Gasteiger partial charge in [0.2, 0.25) is 5.88 Å². The predicted octanol–water partition coefficient (Wildman–Crippen LogP) is 5.42. The Morgan fingerprint density at radius 3 is 2.70 bits per heavy atom. The van der Waals surface area contributed by atoms with Crippen molar-refractivity contribution in [2.75, 3.05) is 18.5 Å². The molecule has 0 radical (unpaired) electrons. The standard InChI is InChI=1S/C26H29ClF3N7O2S/c1-24(2)14-16(15-31-24)32-18-4-3-5-21(33-18)40-36-23(38)17-6-7-19(34-22(17)27)37-12-8-20(35-37)39-13-11-25(9-10-25)26(28,29)30/h3-8,12,16,31H,9-11,13-15H2,1-2H3,(H,32,33)(H,36,38). The number of halogens is 4. The van der Waals surface area contributed by atoms with E-state index in [9.17, 15) is 18.0 Å². The number of hydrogen-bond donors (Lipinski definition) is 3. The van der Waals surface area contributed by atoms with Crippen LogP contribution in [0.1, 0.15) is 49.9 Å². The van der Waals surface area contributed by atoms with Crippen LogP contribution in [0.3, 0.4) is 0 Å². The second-order valence-corrected chi connectivity index (χ2v) is 11.9. The first kappa shape index (κ1) is 28.5. The van der Waals surface area contributed by atoms with Gasteiger partial charge in [-0.2, -0.15) is 13.2 Å². The summed E-state index contributed by atoms with van der Waals surface area (Å²) in [7, 11) is 0. The average molecular weight is 596 g/mol. The maximum Gasteiger partial charge on any atom is 0.394 e. The molecule has 1 aliphatic heterocycles. The van der Waals surface area contributed by atoms with Crippen molar-refractivity contribution >= 4 is 35.3 Å². The summed E-state index contributed by atoms with van der Waals surface area (Å²) >= 11 is 7.36. The van der Waals surface area contributed by atoms with Gasteiger partial charge in [-0.1, -0.05) is 17.7 Å². The van der Waals surface area contributed by atoms with Gasteiger partial charge in [0, 0.05) is 42.3 Å². The van der Waals surface area contributed by atoms with Crippen molar-refractivity contribution in [3.8, 4) is 11.7 Å². The Morgan fingerprint density at radius 2 is 2.02 bits per heavy atom. The SMILES string of the molecule is CC1(C)CC(Nc2cccc(SNC(=O)c3ccc(-n4ccc(OCCC5(C(F)(F)F)CC5)n4)nc3Cl)n2)CN1. The number of anilines is 1. The fourth-order valence-electron chi connectivity index (χ4n) is 4.59. The Hall–Kier alpha value is -3.03. The van der Waals surface area contributed by atoms with Crippen LogP contribution in [0.5, 0.6) is 5.88 Å². The van der Waals surface area contributed by atoms with Gasteiger partial charge in [0.25, 0.3) is 5.91 Å². The van der Waals surface area contributed by atoms with E-state index in [1.807, 2.05) is 12.1 Å². The van der Waals surface area contributed by atoms with Crippen molar-refractivity contribution in [2.24, 2.45) is 5.41 Å². The van der Waals surface area contributed by atoms with Crippen LogP contribution in [0.15, 0.2) is 47.6 Å². The summed E-state index contributed by atoms with van der Waals surface area (Å²) in [5, 5.41) is 11.7. The third-order valence-corrected chi connectivity index (χ3v) is 8.08. The zero-order valence-corrected chi connectivity index (χ0v) is 23.5. The first-order valence-corrected chi connectivity index (χ1v) is 14.0. The van der Waals surface area contributed by atoms with Crippen molar-refractivity contribution in [1.29, 1.82) is 0 Å². The van der Waals surface area contributed by atoms with Crippen LogP contribution >= 0.6 is 23.5 Å². The van der Waals surface area contributed by atoms with Gasteiger partial charge >= 0.3 is 6.18 Å². The molecule has 1 unspecified atom stereocenters. The molecule has 40 heavy (non-hydrogen) atoms. The summed E-state index contributed by atoms with van der Waals surface area (Å²) in [5.74, 6) is 0.774. The minimum Gasteiger partial charge on any atom is -0.477 e. The van der Waals surface area contributed by atoms with Gasteiger partial charge in [-0.3, -0.25) is 9.52 Å². The number of rotatable bonds is 10. The number of ether oxygens (including phenoxy) is 1. The molecule has 1 saturated carbocycles. The van der Waals surface area contributed by atoms with Crippen molar-refractivity contribution in [3.05, 3.63) is 53.3 Å². The largest absolute Gasteiger partial charge is 0.477 e. The summed E-state index contributed by atoms with van der Waals surface area (Å²) in [5.41, 5.74) is -1.38. The molecular formula is C26H29ClF3N7O2S. The van der Waals surface area contributed by atoms with E-state index in [1.54, 1.807) is 18.3 Å². The summed E-state index contributed by atoms with van der Waals surface area (Å²) in [6.45, 7) is 5.07. The van der Waals surface area contributed by atoms with Gasteiger partial charge in [0.1, 0.15) is 16.0 Å². The maximum atomic E-state index is 13.1. The maximum absolute atomic E-state index is 13.1. The first-order valence-electron chi connectivity index (χ1n) is 12.8. The summed E-state index contributed by atoms with van der Waals surface area (Å²) in [6.07, 6.45) is -1.54. The van der Waals surface area contributed by atoms with Crippen molar-refractivity contribution in [3.63, 3.8) is 0 Å². The van der Waals surface area contributed by atoms with E-state index >= 15 is 0 Å². The Labute approximate surface area is 238 Å². The zero-order chi connectivity index (χ0) is 28.5. The lowest BCUT2D eigenvalue weighted by Gasteiger charge is -2.18. The summed E-state index contributed by atoms with van der Waals surface area (Å²) < 4.78 is 48.8. The van der Waals surface area contributed by atoms with Gasteiger partial charge in [0.05, 0.1) is 17.6 Å². The van der Waals surface area contributed by atoms with E-state index in [1.165, 1.54) is 16.8 Å². The second kappa shape index (κ2) is 11.1. The molecule has 3 aromatic heterocycles. The third-order valence-electron chi connectivity index (χ3n) is 7.07. The molecule has 14 heteroatoms. The molecular weight excluding hydrogens is 567 g/mol. The second-order valence-electron chi connectivity index (χ2n) is 10.7. The molecule has 2 aliphatic rings. The van der Waals surface area contributed by atoms with Crippen LogP contribution in [0.4, 0.5) is 19.0 Å². The molecule has 1 atom stereocenters. The third kappa shape index (κ3) is 6.64. The molecule has 3 aromatic rings. The van der Waals surface area contributed by atoms with Gasteiger partial charge in [-0.25, -0.2) is 14.6 Å². The van der Waals surface area contributed by atoms with E-state index in [0.29, 0.717) is 10.8 Å². The lowest BCUT2D eigenvalue weighted by molar-refractivity contribution is -0.190. The lowest BCUT2D eigenvalue weighted by atomic mass is 10.0. The molecule has 1 amide bonds. The minimum absolute atomic E-state index is 0.0332. The number of alkyl halides is 3. The predicted molar refractivity (Wildman–Crippen MR) is 146 cm³/mol. The summed E-state index contributed by atoms with van der Waals surface area (Å²) in [6, 6.07) is 10.4. The fourth-order valence-corrected chi connectivity index (χ4v) is 5.42. The van der Waals surface area contributed by atoms with Gasteiger partial charge < -0.3 is 15.4 Å². The van der Waals surface area contributed by atoms with Crippen LogP contribution in [-0.2, 0) is 0 Å². The molecule has 5 rings (SSSR count). The van der Waals surface area contributed by atoms with Crippen LogP contribution in [0, 0.1) is 5.41 Å². The highest BCUT2D eigenvalue weighted by Crippen LogP contribution is 2.59. The van der Waals surface area contributed by atoms with Crippen molar-refractivity contribution in [1.82, 2.24) is 29.8 Å². The number of carbonyl (C=O) groups excluding carboxylic acids is 1. The number of aromatic nitrogens is 4. The number of nitrogens with one attached hydrogen (secondary N) is 3. The molecule has 9 nitrogen and oxygen atoms in total. The first-order chi connectivity index (χ1) is 18.9. The number of carbonyl (C=O) groups is 1. The highest BCUT2D eigenvalue weighted by atomic mass is 35.5. The lowest BCUT2D eigenvalue weighted by Crippen LogP contribution is -2.31. The van der Waals surface area contributed by atoms with Crippen molar-refractivity contribution < 1.29 is 22.7 Å². The van der Waals surface area contributed by atoms with Gasteiger partial charge in [0.15, 0.2) is 5.82 Å². The molecule has 1 aliphatic carbocycles. The highest BCUT2D eigenvalue weighted by Gasteiger charge is 2.62. The van der Waals surface area contributed by atoms with Crippen molar-refractivity contribution in [2.45, 2.75) is 62.3 Å². The Morgan fingerprint density at radius 1 is 1.23 bits per heavy atom. The van der Waals surface area contributed by atoms with E-state index < -0.39 is 17.5 Å². The van der Waals surface area contributed by atoms with Crippen LogP contribution in [0.2, 0.25) is 5.15 Å². The molecule has 4 heterocycles. The quantitative estimate of drug-likeness (QED) is 0.211. The monoisotopic (exact) mass is 595 g/mol. The van der Waals surface area contributed by atoms with Crippen LogP contribution < -0.4 is 20.1 Å². The number of hydrogen-bond acceptors (Lipinski definition) is 8. The Balaban J connectivity index is 1.14. The fraction of sp³-hybridized carbons (Fsp3) is 0.462. The van der Waals surface area contributed by atoms with E-state index in [-0.39, 0.29) is 54.0 Å². The van der Waals surface area contributed by atoms with Crippen LogP contribution in [-0.4, -0.2) is 56.6 Å². The molecule has 2 fully saturated rings. The number of pyridine rings is 2. The smallest absolute Gasteiger partial charge is 0.394 e. The number of nitrogens with zero attached hydrogens (tertiary/aromatic N) is 4. The van der Waals surface area contributed by atoms with Gasteiger partial charge in [-0.05, 0) is 63.8 Å². The highest BCUT2D eigenvalue weighted by molar-refractivity contribution is 7.97. The van der Waals surface area contributed by atoms with E-state index in [2.05, 4.69) is 44.3 Å². The van der Waals surface area contributed by atoms with Gasteiger partial charge in [-0.15, -0.1) is 5.10 Å². The zero-order valence-electron chi connectivity index (χ0n) is 21.9. The van der Waals surface area contributed by atoms with E-state index in [4.69, 9.17) is 16.3 Å². The molecule has 0 aromatic carbocycles. The molecule has 0 spiro atoms. The molecule has 1 saturated heterocycles. The summed E-state index contributed by atoms with van der Waals surface area (Å²) in [4.78, 5) is 21.6. The normalized spacial score (nSPS) is 19.3. The molecule has 3 N–H and O–H groups in total. The van der Waals surface area contributed by atoms with E-state index in [0.717, 1.165) is 30.7 Å². The Kier molecular flexibility index (Phi) is 7.90. The minimum atomic E-state index is -4.22. The average Bonchev–Trinajstić information content (AvgIpc) is 3.42. The Bertz CT molecular complexity index is 1380. The topological polar surface area (TPSA) is 106 Å².